The summed E-state index contributed by atoms with van der Waals surface area (Å²) in [6.07, 6.45) is 3.37. The number of hydrogen-bond donors (Lipinski definition) is 1. The fourth-order valence-electron chi connectivity index (χ4n) is 2.72. The van der Waals surface area contributed by atoms with Crippen molar-refractivity contribution in [1.29, 1.82) is 0 Å². The lowest BCUT2D eigenvalue weighted by Gasteiger charge is -2.18. The third-order valence-electron chi connectivity index (χ3n) is 4.30. The van der Waals surface area contributed by atoms with Crippen LogP contribution < -0.4 is 5.32 Å². The first-order valence-corrected chi connectivity index (χ1v) is 8.55. The lowest BCUT2D eigenvalue weighted by atomic mass is 9.95. The highest BCUT2D eigenvalue weighted by atomic mass is 35.5. The van der Waals surface area contributed by atoms with Crippen LogP contribution in [-0.4, -0.2) is 22.4 Å². The highest BCUT2D eigenvalue weighted by Gasteiger charge is 2.27. The van der Waals surface area contributed by atoms with E-state index in [9.17, 15) is 13.6 Å². The molecule has 0 bridgehead atoms. The van der Waals surface area contributed by atoms with Crippen LogP contribution in [0.5, 0.6) is 0 Å². The molecule has 1 amide bonds. The first-order chi connectivity index (χ1) is 12.0. The summed E-state index contributed by atoms with van der Waals surface area (Å²) in [7, 11) is 0. The van der Waals surface area contributed by atoms with Gasteiger partial charge in [0.15, 0.2) is 5.82 Å². The van der Waals surface area contributed by atoms with Crippen LogP contribution in [0.15, 0.2) is 36.7 Å². The molecule has 0 saturated heterocycles. The molecule has 0 aliphatic heterocycles. The maximum Gasteiger partial charge on any atom is 0.297 e. The second kappa shape index (κ2) is 7.87. The van der Waals surface area contributed by atoms with Crippen molar-refractivity contribution in [2.45, 2.75) is 31.6 Å². The lowest BCUT2D eigenvalue weighted by molar-refractivity contribution is 0.0950. The van der Waals surface area contributed by atoms with Gasteiger partial charge in [-0.15, -0.1) is 0 Å². The normalized spacial score (nSPS) is 15.2. The number of hydrogen-bond acceptors (Lipinski definition) is 3. The zero-order chi connectivity index (χ0) is 17.8. The van der Waals surface area contributed by atoms with E-state index in [2.05, 4.69) is 15.3 Å². The molecule has 1 heterocycles. The smallest absolute Gasteiger partial charge is 0.297 e. The molecule has 4 nitrogen and oxygen atoms in total. The molecule has 7 heteroatoms. The van der Waals surface area contributed by atoms with Crippen molar-refractivity contribution in [3.05, 3.63) is 58.6 Å². The molecule has 3 rings (SSSR count). The van der Waals surface area contributed by atoms with Crippen molar-refractivity contribution in [2.75, 3.05) is 6.54 Å². The number of aromatic nitrogens is 2. The monoisotopic (exact) mass is 365 g/mol. The van der Waals surface area contributed by atoms with Gasteiger partial charge in [0.05, 0.1) is 10.6 Å². The van der Waals surface area contributed by atoms with Crippen LogP contribution in [0, 0.1) is 5.92 Å². The van der Waals surface area contributed by atoms with Gasteiger partial charge in [-0.25, -0.2) is 18.7 Å². The molecule has 1 fully saturated rings. The van der Waals surface area contributed by atoms with Crippen molar-refractivity contribution in [1.82, 2.24) is 15.3 Å². The van der Waals surface area contributed by atoms with Crippen molar-refractivity contribution >= 4 is 17.5 Å². The minimum atomic E-state index is -2.68. The quantitative estimate of drug-likeness (QED) is 0.792. The van der Waals surface area contributed by atoms with Crippen LogP contribution in [0.4, 0.5) is 8.78 Å². The van der Waals surface area contributed by atoms with Gasteiger partial charge < -0.3 is 5.32 Å². The molecule has 1 atom stereocenters. The standard InChI is InChI=1S/C18H18ClF2N3O/c19-15-4-2-1-3-14(15)18(25)24-8-12(7-11-5-6-11)13-9-22-17(16(20)21)23-10-13/h1-4,9-12,16H,5-8H2,(H,24,25). The highest BCUT2D eigenvalue weighted by Crippen LogP contribution is 2.38. The first-order valence-electron chi connectivity index (χ1n) is 8.17. The fourth-order valence-corrected chi connectivity index (χ4v) is 2.94. The largest absolute Gasteiger partial charge is 0.351 e. The maximum atomic E-state index is 12.6. The first kappa shape index (κ1) is 17.7. The molecular formula is C18H18ClF2N3O. The lowest BCUT2D eigenvalue weighted by Crippen LogP contribution is -2.29. The SMILES string of the molecule is O=C(NCC(CC1CC1)c1cnc(C(F)F)nc1)c1ccccc1Cl. The predicted octanol–water partition coefficient (Wildman–Crippen LogP) is 4.38. The summed E-state index contributed by atoms with van der Waals surface area (Å²) < 4.78 is 25.2. The summed E-state index contributed by atoms with van der Waals surface area (Å²) in [5.74, 6) is -0.131. The van der Waals surface area contributed by atoms with E-state index in [1.165, 1.54) is 12.4 Å². The summed E-state index contributed by atoms with van der Waals surface area (Å²) in [6, 6.07) is 6.83. The number of rotatable bonds is 7. The summed E-state index contributed by atoms with van der Waals surface area (Å²) in [5.41, 5.74) is 1.18. The molecule has 132 valence electrons. The number of alkyl halides is 2. The average Bonchev–Trinajstić information content (AvgIpc) is 3.43. The van der Waals surface area contributed by atoms with E-state index < -0.39 is 12.2 Å². The number of halogens is 3. The molecule has 0 radical (unpaired) electrons. The molecule has 0 spiro atoms. The Balaban J connectivity index is 1.68. The van der Waals surface area contributed by atoms with E-state index in [0.29, 0.717) is 23.0 Å². The second-order valence-electron chi connectivity index (χ2n) is 6.24. The zero-order valence-electron chi connectivity index (χ0n) is 13.5. The number of nitrogens with one attached hydrogen (secondary N) is 1. The number of carbonyl (C=O) groups is 1. The van der Waals surface area contributed by atoms with Crippen molar-refractivity contribution < 1.29 is 13.6 Å². The molecule has 1 aliphatic carbocycles. The minimum Gasteiger partial charge on any atom is -0.351 e. The van der Waals surface area contributed by atoms with Crippen LogP contribution in [0.3, 0.4) is 0 Å². The molecule has 1 N–H and O–H groups in total. The van der Waals surface area contributed by atoms with Gasteiger partial charge in [0, 0.05) is 24.9 Å². The van der Waals surface area contributed by atoms with Crippen LogP contribution in [0.25, 0.3) is 0 Å². The van der Waals surface area contributed by atoms with E-state index in [0.717, 1.165) is 24.8 Å². The van der Waals surface area contributed by atoms with E-state index in [-0.39, 0.29) is 11.8 Å². The van der Waals surface area contributed by atoms with Gasteiger partial charge in [0.25, 0.3) is 12.3 Å². The zero-order valence-corrected chi connectivity index (χ0v) is 14.2. The van der Waals surface area contributed by atoms with Crippen molar-refractivity contribution in [3.8, 4) is 0 Å². The van der Waals surface area contributed by atoms with Gasteiger partial charge in [0.2, 0.25) is 0 Å². The van der Waals surface area contributed by atoms with Gasteiger partial charge in [-0.3, -0.25) is 4.79 Å². The summed E-state index contributed by atoms with van der Waals surface area (Å²) in [4.78, 5) is 19.8. The van der Waals surface area contributed by atoms with Crippen LogP contribution in [0.1, 0.15) is 53.4 Å². The van der Waals surface area contributed by atoms with Crippen LogP contribution >= 0.6 is 11.6 Å². The molecule has 1 unspecified atom stereocenters. The number of nitrogens with zero attached hydrogens (tertiary/aromatic N) is 2. The summed E-state index contributed by atoms with van der Waals surface area (Å²) in [6.45, 7) is 0.387. The molecule has 2 aromatic rings. The Hall–Kier alpha value is -2.08. The highest BCUT2D eigenvalue weighted by molar-refractivity contribution is 6.33. The van der Waals surface area contributed by atoms with Crippen molar-refractivity contribution in [3.63, 3.8) is 0 Å². The van der Waals surface area contributed by atoms with Crippen molar-refractivity contribution in [2.24, 2.45) is 5.92 Å². The van der Waals surface area contributed by atoms with Crippen LogP contribution in [-0.2, 0) is 0 Å². The van der Waals surface area contributed by atoms with E-state index in [1.54, 1.807) is 24.3 Å². The van der Waals surface area contributed by atoms with E-state index in [1.807, 2.05) is 0 Å². The van der Waals surface area contributed by atoms with E-state index in [4.69, 9.17) is 11.6 Å². The molecule has 1 saturated carbocycles. The fraction of sp³-hybridized carbons (Fsp3) is 0.389. The molecular weight excluding hydrogens is 348 g/mol. The molecule has 1 aromatic heterocycles. The Kier molecular flexibility index (Phi) is 5.58. The summed E-state index contributed by atoms with van der Waals surface area (Å²) in [5, 5.41) is 3.27. The number of carbonyl (C=O) groups excluding carboxylic acids is 1. The minimum absolute atomic E-state index is 0.00865. The third kappa shape index (κ3) is 4.72. The topological polar surface area (TPSA) is 54.9 Å². The second-order valence-corrected chi connectivity index (χ2v) is 6.65. The molecule has 1 aliphatic rings. The van der Waals surface area contributed by atoms with E-state index >= 15 is 0 Å². The Labute approximate surface area is 149 Å². The Morgan fingerprint density at radius 2 is 1.92 bits per heavy atom. The molecule has 25 heavy (non-hydrogen) atoms. The van der Waals surface area contributed by atoms with Gasteiger partial charge >= 0.3 is 0 Å². The Bertz CT molecular complexity index is 735. The average molecular weight is 366 g/mol. The Morgan fingerprint density at radius 3 is 2.52 bits per heavy atom. The molecule has 1 aromatic carbocycles. The summed E-state index contributed by atoms with van der Waals surface area (Å²) >= 11 is 6.04. The number of amides is 1. The Morgan fingerprint density at radius 1 is 1.24 bits per heavy atom. The predicted molar refractivity (Wildman–Crippen MR) is 90.9 cm³/mol. The third-order valence-corrected chi connectivity index (χ3v) is 4.63. The number of benzene rings is 1. The maximum absolute atomic E-state index is 12.6. The van der Waals surface area contributed by atoms with Gasteiger partial charge in [-0.2, -0.15) is 0 Å². The van der Waals surface area contributed by atoms with Gasteiger partial charge in [-0.1, -0.05) is 36.6 Å². The van der Waals surface area contributed by atoms with Crippen LogP contribution in [0.2, 0.25) is 5.02 Å². The van der Waals surface area contributed by atoms with Gasteiger partial charge in [0.1, 0.15) is 0 Å². The van der Waals surface area contributed by atoms with Gasteiger partial charge in [-0.05, 0) is 30.0 Å².